The van der Waals surface area contributed by atoms with Gasteiger partial charge in [-0.25, -0.2) is 4.98 Å². The molecule has 0 unspecified atom stereocenters. The molecule has 3 rings (SSSR count). The van der Waals surface area contributed by atoms with Crippen molar-refractivity contribution in [1.29, 1.82) is 0 Å². The molecule has 19 heavy (non-hydrogen) atoms. The van der Waals surface area contributed by atoms with Crippen molar-refractivity contribution >= 4 is 22.6 Å². The lowest BCUT2D eigenvalue weighted by Gasteiger charge is -2.06. The molecule has 0 saturated carbocycles. The number of phenolic OH excluding ortho intramolecular Hbond substituents is 1. The largest absolute Gasteiger partial charge is 0.508 e. The third-order valence-electron chi connectivity index (χ3n) is 3.13. The normalized spacial score (nSPS) is 11.1. The second-order valence-electron chi connectivity index (χ2n) is 4.36. The summed E-state index contributed by atoms with van der Waals surface area (Å²) in [5.41, 5.74) is 2.81. The molecule has 0 amide bonds. The Hall–Kier alpha value is -2.00. The number of benzene rings is 2. The number of hydrogen-bond donors (Lipinski definition) is 1. The fraction of sp³-hybridized carbons (Fsp3) is 0.133. The summed E-state index contributed by atoms with van der Waals surface area (Å²) in [5, 5.41) is 10.3. The van der Waals surface area contributed by atoms with E-state index in [1.807, 2.05) is 30.3 Å². The van der Waals surface area contributed by atoms with Crippen LogP contribution in [0.1, 0.15) is 6.92 Å². The second-order valence-corrected chi connectivity index (χ2v) is 4.80. The number of halogens is 1. The van der Waals surface area contributed by atoms with E-state index in [9.17, 15) is 5.11 Å². The van der Waals surface area contributed by atoms with Crippen LogP contribution in [-0.2, 0) is 6.54 Å². The number of phenols is 1. The molecule has 0 aliphatic rings. The van der Waals surface area contributed by atoms with Gasteiger partial charge in [0.2, 0.25) is 0 Å². The van der Waals surface area contributed by atoms with Crippen molar-refractivity contribution in [3.05, 3.63) is 47.5 Å². The Labute approximate surface area is 116 Å². The minimum absolute atomic E-state index is 0.241. The van der Waals surface area contributed by atoms with E-state index in [1.54, 1.807) is 12.1 Å². The zero-order chi connectivity index (χ0) is 13.4. The third-order valence-corrected chi connectivity index (χ3v) is 3.37. The summed E-state index contributed by atoms with van der Waals surface area (Å²) in [7, 11) is 0. The molecular weight excluding hydrogens is 260 g/mol. The number of imidazole rings is 1. The Kier molecular flexibility index (Phi) is 2.91. The molecule has 0 fully saturated rings. The van der Waals surface area contributed by atoms with E-state index < -0.39 is 0 Å². The van der Waals surface area contributed by atoms with Gasteiger partial charge in [-0.1, -0.05) is 23.7 Å². The molecule has 0 radical (unpaired) electrons. The first-order chi connectivity index (χ1) is 9.19. The van der Waals surface area contributed by atoms with Gasteiger partial charge in [-0.2, -0.15) is 0 Å². The molecule has 96 valence electrons. The minimum Gasteiger partial charge on any atom is -0.508 e. The SMILES string of the molecule is CCn1c(-c2cccc(O)c2)nc2ccc(Cl)cc21. The number of rotatable bonds is 2. The Bertz CT molecular complexity index is 749. The van der Waals surface area contributed by atoms with Crippen LogP contribution in [-0.4, -0.2) is 14.7 Å². The highest BCUT2D eigenvalue weighted by atomic mass is 35.5. The monoisotopic (exact) mass is 272 g/mol. The highest BCUT2D eigenvalue weighted by molar-refractivity contribution is 6.31. The van der Waals surface area contributed by atoms with Gasteiger partial charge in [-0.15, -0.1) is 0 Å². The first-order valence-electron chi connectivity index (χ1n) is 6.14. The van der Waals surface area contributed by atoms with Crippen LogP contribution in [0.2, 0.25) is 5.02 Å². The van der Waals surface area contributed by atoms with Gasteiger partial charge in [-0.05, 0) is 37.3 Å². The molecule has 1 heterocycles. The second kappa shape index (κ2) is 4.59. The fourth-order valence-electron chi connectivity index (χ4n) is 2.28. The van der Waals surface area contributed by atoms with Crippen molar-refractivity contribution < 1.29 is 5.11 Å². The van der Waals surface area contributed by atoms with Crippen LogP contribution in [0.5, 0.6) is 5.75 Å². The van der Waals surface area contributed by atoms with Crippen LogP contribution in [0.4, 0.5) is 0 Å². The van der Waals surface area contributed by atoms with Gasteiger partial charge >= 0.3 is 0 Å². The highest BCUT2D eigenvalue weighted by Crippen LogP contribution is 2.28. The van der Waals surface area contributed by atoms with E-state index in [0.29, 0.717) is 5.02 Å². The molecule has 3 aromatic rings. The Morgan fingerprint density at radius 2 is 2.05 bits per heavy atom. The van der Waals surface area contributed by atoms with Crippen molar-refractivity contribution in [1.82, 2.24) is 9.55 Å². The number of aromatic hydroxyl groups is 1. The molecule has 3 nitrogen and oxygen atoms in total. The maximum atomic E-state index is 9.60. The van der Waals surface area contributed by atoms with Crippen molar-refractivity contribution in [2.75, 3.05) is 0 Å². The summed E-state index contributed by atoms with van der Waals surface area (Å²) < 4.78 is 2.09. The van der Waals surface area contributed by atoms with Crippen molar-refractivity contribution in [3.63, 3.8) is 0 Å². The van der Waals surface area contributed by atoms with E-state index in [0.717, 1.165) is 29.0 Å². The van der Waals surface area contributed by atoms with E-state index >= 15 is 0 Å². The standard InChI is InChI=1S/C15H13ClN2O/c1-2-18-14-9-11(16)6-7-13(14)17-15(18)10-4-3-5-12(19)8-10/h3-9,19H,2H2,1H3. The summed E-state index contributed by atoms with van der Waals surface area (Å²) in [5.74, 6) is 1.08. The predicted molar refractivity (Wildman–Crippen MR) is 77.5 cm³/mol. The quantitative estimate of drug-likeness (QED) is 0.763. The van der Waals surface area contributed by atoms with Crippen LogP contribution in [0.25, 0.3) is 22.4 Å². The fourth-order valence-corrected chi connectivity index (χ4v) is 2.45. The molecule has 1 N–H and O–H groups in total. The molecule has 4 heteroatoms. The van der Waals surface area contributed by atoms with Gasteiger partial charge < -0.3 is 9.67 Å². The molecule has 0 bridgehead atoms. The van der Waals surface area contributed by atoms with E-state index in [-0.39, 0.29) is 5.75 Å². The molecule has 0 saturated heterocycles. The lowest BCUT2D eigenvalue weighted by molar-refractivity contribution is 0.475. The highest BCUT2D eigenvalue weighted by Gasteiger charge is 2.12. The smallest absolute Gasteiger partial charge is 0.141 e. The number of hydrogen-bond acceptors (Lipinski definition) is 2. The number of aryl methyl sites for hydroxylation is 1. The topological polar surface area (TPSA) is 38.0 Å². The maximum absolute atomic E-state index is 9.60. The summed E-state index contributed by atoms with van der Waals surface area (Å²) in [4.78, 5) is 4.63. The predicted octanol–water partition coefficient (Wildman–Crippen LogP) is 4.08. The van der Waals surface area contributed by atoms with E-state index in [4.69, 9.17) is 11.6 Å². The Morgan fingerprint density at radius 3 is 2.79 bits per heavy atom. The summed E-state index contributed by atoms with van der Waals surface area (Å²) in [6, 6.07) is 12.8. The maximum Gasteiger partial charge on any atom is 0.141 e. The summed E-state index contributed by atoms with van der Waals surface area (Å²) in [6.45, 7) is 2.86. The Morgan fingerprint density at radius 1 is 1.21 bits per heavy atom. The van der Waals surface area contributed by atoms with Crippen LogP contribution < -0.4 is 0 Å². The van der Waals surface area contributed by atoms with E-state index in [2.05, 4.69) is 16.5 Å². The number of fused-ring (bicyclic) bond motifs is 1. The average Bonchev–Trinajstić information content (AvgIpc) is 2.76. The van der Waals surface area contributed by atoms with Gasteiger partial charge in [0.15, 0.2) is 0 Å². The molecule has 2 aromatic carbocycles. The van der Waals surface area contributed by atoms with Crippen LogP contribution in [0, 0.1) is 0 Å². The molecule has 0 aliphatic carbocycles. The van der Waals surface area contributed by atoms with Gasteiger partial charge in [0.05, 0.1) is 11.0 Å². The molecule has 1 aromatic heterocycles. The molecular formula is C15H13ClN2O. The first-order valence-corrected chi connectivity index (χ1v) is 6.52. The van der Waals surface area contributed by atoms with Crippen molar-refractivity contribution in [2.45, 2.75) is 13.5 Å². The van der Waals surface area contributed by atoms with E-state index in [1.165, 1.54) is 0 Å². The number of aromatic nitrogens is 2. The minimum atomic E-state index is 0.241. The average molecular weight is 273 g/mol. The lowest BCUT2D eigenvalue weighted by Crippen LogP contribution is -1.97. The summed E-state index contributed by atoms with van der Waals surface area (Å²) >= 11 is 6.05. The lowest BCUT2D eigenvalue weighted by atomic mass is 10.2. The van der Waals surface area contributed by atoms with Gasteiger partial charge in [0, 0.05) is 17.1 Å². The molecule has 0 atom stereocenters. The van der Waals surface area contributed by atoms with Gasteiger partial charge in [0.1, 0.15) is 11.6 Å². The zero-order valence-electron chi connectivity index (χ0n) is 10.5. The van der Waals surface area contributed by atoms with Crippen LogP contribution in [0.15, 0.2) is 42.5 Å². The summed E-state index contributed by atoms with van der Waals surface area (Å²) in [6.07, 6.45) is 0. The first kappa shape index (κ1) is 12.1. The van der Waals surface area contributed by atoms with Crippen molar-refractivity contribution in [2.24, 2.45) is 0 Å². The molecule has 0 aliphatic heterocycles. The third kappa shape index (κ3) is 2.06. The van der Waals surface area contributed by atoms with Crippen LogP contribution >= 0.6 is 11.6 Å². The Balaban J connectivity index is 2.29. The van der Waals surface area contributed by atoms with Gasteiger partial charge in [-0.3, -0.25) is 0 Å². The van der Waals surface area contributed by atoms with Gasteiger partial charge in [0.25, 0.3) is 0 Å². The molecule has 0 spiro atoms. The number of nitrogens with zero attached hydrogens (tertiary/aromatic N) is 2. The zero-order valence-corrected chi connectivity index (χ0v) is 11.2. The van der Waals surface area contributed by atoms with Crippen molar-refractivity contribution in [3.8, 4) is 17.1 Å². The van der Waals surface area contributed by atoms with Crippen LogP contribution in [0.3, 0.4) is 0 Å².